The second-order valence-electron chi connectivity index (χ2n) is 7.33. The van der Waals surface area contributed by atoms with Crippen LogP contribution in [0.1, 0.15) is 45.9 Å². The van der Waals surface area contributed by atoms with Gasteiger partial charge in [-0.1, -0.05) is 35.1 Å². The molecule has 0 radical (unpaired) electrons. The zero-order chi connectivity index (χ0) is 19.7. The monoisotopic (exact) mass is 396 g/mol. The zero-order valence-corrected chi connectivity index (χ0v) is 17.1. The molecular weight excluding hydrogens is 372 g/mol. The molecule has 28 heavy (non-hydrogen) atoms. The fourth-order valence-electron chi connectivity index (χ4n) is 3.67. The molecule has 7 nitrogen and oxygen atoms in total. The molecule has 1 aliphatic rings. The van der Waals surface area contributed by atoms with Crippen molar-refractivity contribution in [2.75, 3.05) is 18.4 Å². The van der Waals surface area contributed by atoms with Gasteiger partial charge in [-0.15, -0.1) is 10.2 Å². The number of carbonyl (C=O) groups is 1. The molecule has 1 saturated heterocycles. The van der Waals surface area contributed by atoms with Crippen LogP contribution in [0.15, 0.2) is 24.4 Å². The maximum Gasteiger partial charge on any atom is 0.260 e. The van der Waals surface area contributed by atoms with Gasteiger partial charge in [0.15, 0.2) is 0 Å². The first-order chi connectivity index (χ1) is 13.5. The molecule has 4 rings (SSSR count). The first-order valence-electron chi connectivity index (χ1n) is 9.48. The first-order valence-corrected chi connectivity index (χ1v) is 10.3. The quantitative estimate of drug-likeness (QED) is 0.707. The van der Waals surface area contributed by atoms with Gasteiger partial charge in [-0.25, -0.2) is 0 Å². The number of aryl methyl sites for hydroxylation is 3. The highest BCUT2D eigenvalue weighted by molar-refractivity contribution is 7.18. The molecule has 1 aliphatic heterocycles. The Balaban J connectivity index is 1.54. The SMILES string of the molecule is Cc1ccc(-c2nnc(NC(=O)c3cn(C)nc3C3CCCNC3)s2)c(C)c1. The third kappa shape index (κ3) is 3.83. The van der Waals surface area contributed by atoms with Crippen LogP contribution in [0, 0.1) is 13.8 Å². The number of hydrogen-bond donors (Lipinski definition) is 2. The summed E-state index contributed by atoms with van der Waals surface area (Å²) in [6.07, 6.45) is 3.92. The molecule has 0 saturated carbocycles. The third-order valence-electron chi connectivity index (χ3n) is 5.04. The molecule has 8 heteroatoms. The summed E-state index contributed by atoms with van der Waals surface area (Å²) >= 11 is 1.38. The number of benzene rings is 1. The van der Waals surface area contributed by atoms with E-state index in [0.717, 1.165) is 47.8 Å². The Morgan fingerprint density at radius 2 is 2.18 bits per heavy atom. The lowest BCUT2D eigenvalue weighted by Crippen LogP contribution is -2.29. The predicted octanol–water partition coefficient (Wildman–Crippen LogP) is 3.27. The molecule has 2 N–H and O–H groups in total. The molecule has 0 aliphatic carbocycles. The lowest BCUT2D eigenvalue weighted by molar-refractivity contribution is 0.102. The van der Waals surface area contributed by atoms with Crippen LogP contribution in [0.4, 0.5) is 5.13 Å². The average molecular weight is 397 g/mol. The number of anilines is 1. The van der Waals surface area contributed by atoms with Gasteiger partial charge in [0.2, 0.25) is 5.13 Å². The smallest absolute Gasteiger partial charge is 0.260 e. The van der Waals surface area contributed by atoms with Gasteiger partial charge in [0.1, 0.15) is 5.01 Å². The van der Waals surface area contributed by atoms with Gasteiger partial charge in [-0.2, -0.15) is 5.10 Å². The number of hydrogen-bond acceptors (Lipinski definition) is 6. The number of carbonyl (C=O) groups excluding carboxylic acids is 1. The summed E-state index contributed by atoms with van der Waals surface area (Å²) in [5.74, 6) is 0.0768. The number of rotatable bonds is 4. The molecule has 2 aromatic heterocycles. The average Bonchev–Trinajstić information content (AvgIpc) is 3.29. The van der Waals surface area contributed by atoms with Crippen LogP contribution in [0.5, 0.6) is 0 Å². The largest absolute Gasteiger partial charge is 0.316 e. The molecule has 0 bridgehead atoms. The van der Waals surface area contributed by atoms with E-state index >= 15 is 0 Å². The number of nitrogens with zero attached hydrogens (tertiary/aromatic N) is 4. The molecule has 3 heterocycles. The molecule has 3 aromatic rings. The van der Waals surface area contributed by atoms with E-state index in [9.17, 15) is 4.79 Å². The molecule has 0 spiro atoms. The number of nitrogens with one attached hydrogen (secondary N) is 2. The van der Waals surface area contributed by atoms with Crippen molar-refractivity contribution in [2.24, 2.45) is 7.05 Å². The second kappa shape index (κ2) is 7.81. The van der Waals surface area contributed by atoms with Crippen LogP contribution in [-0.4, -0.2) is 39.0 Å². The van der Waals surface area contributed by atoms with Crippen molar-refractivity contribution in [3.8, 4) is 10.6 Å². The minimum absolute atomic E-state index is 0.183. The van der Waals surface area contributed by atoms with Gasteiger partial charge in [-0.05, 0) is 38.8 Å². The molecular formula is C20H24N6OS. The van der Waals surface area contributed by atoms with Crippen molar-refractivity contribution >= 4 is 22.4 Å². The lowest BCUT2D eigenvalue weighted by Gasteiger charge is -2.21. The van der Waals surface area contributed by atoms with Crippen molar-refractivity contribution < 1.29 is 4.79 Å². The molecule has 146 valence electrons. The highest BCUT2D eigenvalue weighted by atomic mass is 32.1. The van der Waals surface area contributed by atoms with Gasteiger partial charge in [0.05, 0.1) is 11.3 Å². The molecule has 1 fully saturated rings. The standard InChI is InChI=1S/C20H24N6OS/c1-12-6-7-15(13(2)9-12)19-23-24-20(28-19)22-18(27)16-11-26(3)25-17(16)14-5-4-8-21-10-14/h6-7,9,11,14,21H,4-5,8,10H2,1-3H3,(H,22,24,27). The van der Waals surface area contributed by atoms with Crippen molar-refractivity contribution in [1.29, 1.82) is 0 Å². The van der Waals surface area contributed by atoms with E-state index in [1.165, 1.54) is 16.9 Å². The minimum atomic E-state index is -0.183. The summed E-state index contributed by atoms with van der Waals surface area (Å²) in [4.78, 5) is 12.9. The summed E-state index contributed by atoms with van der Waals surface area (Å²) in [6, 6.07) is 6.23. The Morgan fingerprint density at radius 1 is 1.32 bits per heavy atom. The normalized spacial score (nSPS) is 16.9. The summed E-state index contributed by atoms with van der Waals surface area (Å²) in [5, 5.41) is 20.6. The van der Waals surface area contributed by atoms with E-state index in [2.05, 4.69) is 51.9 Å². The number of aromatic nitrogens is 4. The van der Waals surface area contributed by atoms with Crippen LogP contribution in [0.2, 0.25) is 0 Å². The summed E-state index contributed by atoms with van der Waals surface area (Å²) < 4.78 is 1.71. The van der Waals surface area contributed by atoms with Gasteiger partial charge in [0, 0.05) is 31.3 Å². The Morgan fingerprint density at radius 3 is 2.93 bits per heavy atom. The van der Waals surface area contributed by atoms with Gasteiger partial charge < -0.3 is 5.32 Å². The van der Waals surface area contributed by atoms with Crippen molar-refractivity contribution in [3.05, 3.63) is 46.8 Å². The van der Waals surface area contributed by atoms with Crippen molar-refractivity contribution in [1.82, 2.24) is 25.3 Å². The fourth-order valence-corrected chi connectivity index (χ4v) is 4.50. The van der Waals surface area contributed by atoms with E-state index in [4.69, 9.17) is 0 Å². The van der Waals surface area contributed by atoms with Gasteiger partial charge in [-0.3, -0.25) is 14.8 Å². The van der Waals surface area contributed by atoms with Crippen LogP contribution in [-0.2, 0) is 7.05 Å². The highest BCUT2D eigenvalue weighted by Crippen LogP contribution is 2.30. The van der Waals surface area contributed by atoms with Crippen molar-refractivity contribution in [3.63, 3.8) is 0 Å². The molecule has 1 atom stereocenters. The topological polar surface area (TPSA) is 84.7 Å². The maximum atomic E-state index is 12.9. The van der Waals surface area contributed by atoms with E-state index in [1.54, 1.807) is 10.9 Å². The minimum Gasteiger partial charge on any atom is -0.316 e. The van der Waals surface area contributed by atoms with E-state index in [-0.39, 0.29) is 11.8 Å². The third-order valence-corrected chi connectivity index (χ3v) is 5.92. The first kappa shape index (κ1) is 18.8. The van der Waals surface area contributed by atoms with Crippen LogP contribution in [0.25, 0.3) is 10.6 Å². The van der Waals surface area contributed by atoms with Gasteiger partial charge in [0.25, 0.3) is 5.91 Å². The van der Waals surface area contributed by atoms with E-state index in [1.807, 2.05) is 13.1 Å². The zero-order valence-electron chi connectivity index (χ0n) is 16.3. The summed E-state index contributed by atoms with van der Waals surface area (Å²) in [5.41, 5.74) is 4.86. The van der Waals surface area contributed by atoms with Crippen LogP contribution < -0.4 is 10.6 Å². The predicted molar refractivity (Wildman–Crippen MR) is 111 cm³/mol. The fraction of sp³-hybridized carbons (Fsp3) is 0.400. The van der Waals surface area contributed by atoms with Crippen LogP contribution in [0.3, 0.4) is 0 Å². The number of amides is 1. The van der Waals surface area contributed by atoms with Crippen molar-refractivity contribution in [2.45, 2.75) is 32.6 Å². The Labute approximate surface area is 168 Å². The molecule has 1 aromatic carbocycles. The molecule has 1 amide bonds. The maximum absolute atomic E-state index is 12.9. The summed E-state index contributed by atoms with van der Waals surface area (Å²) in [7, 11) is 1.85. The number of piperidine rings is 1. The van der Waals surface area contributed by atoms with Gasteiger partial charge >= 0.3 is 0 Å². The second-order valence-corrected chi connectivity index (χ2v) is 8.31. The Bertz CT molecular complexity index is 1000. The molecule has 1 unspecified atom stereocenters. The van der Waals surface area contributed by atoms with E-state index < -0.39 is 0 Å². The van der Waals surface area contributed by atoms with Crippen LogP contribution >= 0.6 is 11.3 Å². The highest BCUT2D eigenvalue weighted by Gasteiger charge is 2.25. The lowest BCUT2D eigenvalue weighted by atomic mass is 9.93. The van der Waals surface area contributed by atoms with E-state index in [0.29, 0.717) is 10.7 Å². The summed E-state index contributed by atoms with van der Waals surface area (Å²) in [6.45, 7) is 6.00. The Kier molecular flexibility index (Phi) is 5.23. The Hall–Kier alpha value is -2.58.